The maximum absolute atomic E-state index is 12.7. The number of nitrogens with zero attached hydrogens (tertiary/aromatic N) is 2. The van der Waals surface area contributed by atoms with Crippen molar-refractivity contribution in [2.45, 2.75) is 12.2 Å². The molecule has 0 radical (unpaired) electrons. The third-order valence-corrected chi connectivity index (χ3v) is 4.99. The van der Waals surface area contributed by atoms with Crippen molar-refractivity contribution in [2.75, 3.05) is 0 Å². The standard InChI is InChI=1S/C20H14N2O6/c23-18-15-13-8-9-14(27-13)16(15)19(24)22(18)28-20(25)12-7-4-10-21-17(12)26-11-5-2-1-3-6-11/h1-10,13-16H/t13-,14-,15-,16-/m1/s1. The number of para-hydroxylation sites is 1. The van der Waals surface area contributed by atoms with Crippen LogP contribution in [-0.2, 0) is 19.2 Å². The second kappa shape index (κ2) is 6.28. The molecule has 3 aliphatic heterocycles. The normalized spacial score (nSPS) is 27.2. The maximum Gasteiger partial charge on any atom is 0.369 e. The van der Waals surface area contributed by atoms with E-state index in [4.69, 9.17) is 14.3 Å². The molecule has 0 saturated carbocycles. The maximum atomic E-state index is 12.7. The number of ether oxygens (including phenoxy) is 2. The van der Waals surface area contributed by atoms with Gasteiger partial charge in [-0.15, -0.1) is 5.06 Å². The molecule has 1 aromatic heterocycles. The molecule has 2 aromatic rings. The second-order valence-corrected chi connectivity index (χ2v) is 6.62. The molecule has 2 fully saturated rings. The molecule has 3 aliphatic rings. The summed E-state index contributed by atoms with van der Waals surface area (Å²) in [7, 11) is 0. The summed E-state index contributed by atoms with van der Waals surface area (Å²) in [5.74, 6) is -2.85. The van der Waals surface area contributed by atoms with Crippen LogP contribution in [0.25, 0.3) is 0 Å². The molecule has 0 aliphatic carbocycles. The molecule has 0 unspecified atom stereocenters. The molecule has 0 N–H and O–H groups in total. The molecule has 5 rings (SSSR count). The van der Waals surface area contributed by atoms with Crippen molar-refractivity contribution < 1.29 is 28.7 Å². The van der Waals surface area contributed by atoms with Crippen LogP contribution in [0.15, 0.2) is 60.8 Å². The van der Waals surface area contributed by atoms with Crippen LogP contribution in [0.4, 0.5) is 0 Å². The molecule has 4 atom stereocenters. The Morgan fingerprint density at radius 3 is 2.32 bits per heavy atom. The van der Waals surface area contributed by atoms with Crippen molar-refractivity contribution in [1.29, 1.82) is 0 Å². The fourth-order valence-corrected chi connectivity index (χ4v) is 3.73. The van der Waals surface area contributed by atoms with Crippen LogP contribution in [-0.4, -0.2) is 40.0 Å². The van der Waals surface area contributed by atoms with Crippen LogP contribution in [0, 0.1) is 11.8 Å². The Balaban J connectivity index is 1.37. The fraction of sp³-hybridized carbons (Fsp3) is 0.200. The molecule has 28 heavy (non-hydrogen) atoms. The van der Waals surface area contributed by atoms with Crippen LogP contribution < -0.4 is 4.74 Å². The lowest BCUT2D eigenvalue weighted by atomic mass is 9.85. The Hall–Kier alpha value is -3.52. The van der Waals surface area contributed by atoms with Gasteiger partial charge in [0.25, 0.3) is 11.8 Å². The number of rotatable bonds is 4. The van der Waals surface area contributed by atoms with Crippen molar-refractivity contribution >= 4 is 17.8 Å². The number of carbonyl (C=O) groups is 3. The summed E-state index contributed by atoms with van der Waals surface area (Å²) in [6.45, 7) is 0. The third kappa shape index (κ3) is 2.49. The van der Waals surface area contributed by atoms with Crippen molar-refractivity contribution in [3.05, 3.63) is 66.4 Å². The highest BCUT2D eigenvalue weighted by Crippen LogP contribution is 2.45. The minimum Gasteiger partial charge on any atom is -0.438 e. The van der Waals surface area contributed by atoms with Crippen molar-refractivity contribution in [3.63, 3.8) is 0 Å². The minimum absolute atomic E-state index is 0.00126. The van der Waals surface area contributed by atoms with Gasteiger partial charge in [-0.05, 0) is 24.3 Å². The zero-order valence-electron chi connectivity index (χ0n) is 14.4. The first-order chi connectivity index (χ1) is 13.6. The summed E-state index contributed by atoms with van der Waals surface area (Å²) in [5, 5.41) is 0.548. The Kier molecular flexibility index (Phi) is 3.73. The van der Waals surface area contributed by atoms with Crippen molar-refractivity contribution in [3.8, 4) is 11.6 Å². The SMILES string of the molecule is O=C(ON1C(=O)[C@H]2[C@H](C1=O)[C@H]1C=C[C@H]2O1)c1cccnc1Oc1ccccc1. The van der Waals surface area contributed by atoms with E-state index in [-0.39, 0.29) is 11.4 Å². The van der Waals surface area contributed by atoms with E-state index in [0.29, 0.717) is 10.8 Å². The van der Waals surface area contributed by atoms with Crippen LogP contribution in [0.5, 0.6) is 11.6 Å². The number of carbonyl (C=O) groups excluding carboxylic acids is 3. The average molecular weight is 378 g/mol. The summed E-state index contributed by atoms with van der Waals surface area (Å²) >= 11 is 0. The van der Waals surface area contributed by atoms with Crippen LogP contribution >= 0.6 is 0 Å². The fourth-order valence-electron chi connectivity index (χ4n) is 3.73. The lowest BCUT2D eigenvalue weighted by Crippen LogP contribution is -2.36. The second-order valence-electron chi connectivity index (χ2n) is 6.62. The number of hydroxylamine groups is 2. The molecule has 4 heterocycles. The Morgan fingerprint density at radius 1 is 0.964 bits per heavy atom. The number of amides is 2. The van der Waals surface area contributed by atoms with Gasteiger partial charge in [0, 0.05) is 6.20 Å². The average Bonchev–Trinajstić information content (AvgIpc) is 3.39. The van der Waals surface area contributed by atoms with E-state index in [1.807, 2.05) is 6.07 Å². The molecular weight excluding hydrogens is 364 g/mol. The van der Waals surface area contributed by atoms with Crippen LogP contribution in [0.2, 0.25) is 0 Å². The summed E-state index contributed by atoms with van der Waals surface area (Å²) in [6, 6.07) is 11.8. The summed E-state index contributed by atoms with van der Waals surface area (Å²) < 4.78 is 11.2. The van der Waals surface area contributed by atoms with Gasteiger partial charge in [0.1, 0.15) is 11.3 Å². The van der Waals surface area contributed by atoms with Gasteiger partial charge in [-0.2, -0.15) is 0 Å². The molecule has 140 valence electrons. The van der Waals surface area contributed by atoms with E-state index < -0.39 is 41.8 Å². The lowest BCUT2D eigenvalue weighted by Gasteiger charge is -2.17. The summed E-state index contributed by atoms with van der Waals surface area (Å²) in [6.07, 6.45) is 4.08. The molecular formula is C20H14N2O6. The van der Waals surface area contributed by atoms with Gasteiger partial charge in [0.05, 0.1) is 24.0 Å². The molecule has 8 nitrogen and oxygen atoms in total. The Morgan fingerprint density at radius 2 is 1.64 bits per heavy atom. The quantitative estimate of drug-likeness (QED) is 0.592. The van der Waals surface area contributed by atoms with Crippen molar-refractivity contribution in [2.24, 2.45) is 11.8 Å². The zero-order chi connectivity index (χ0) is 19.3. The summed E-state index contributed by atoms with van der Waals surface area (Å²) in [5.41, 5.74) is 0.00126. The van der Waals surface area contributed by atoms with E-state index in [2.05, 4.69) is 4.98 Å². The predicted octanol–water partition coefficient (Wildman–Crippen LogP) is 1.88. The van der Waals surface area contributed by atoms with Gasteiger partial charge < -0.3 is 14.3 Å². The van der Waals surface area contributed by atoms with Gasteiger partial charge in [-0.1, -0.05) is 30.4 Å². The number of hydrogen-bond acceptors (Lipinski definition) is 7. The highest BCUT2D eigenvalue weighted by atomic mass is 16.7. The Labute approximate surface area is 159 Å². The molecule has 8 heteroatoms. The predicted molar refractivity (Wildman–Crippen MR) is 92.8 cm³/mol. The van der Waals surface area contributed by atoms with E-state index in [1.165, 1.54) is 18.3 Å². The smallest absolute Gasteiger partial charge is 0.369 e. The van der Waals surface area contributed by atoms with E-state index in [9.17, 15) is 14.4 Å². The van der Waals surface area contributed by atoms with Crippen LogP contribution in [0.3, 0.4) is 0 Å². The van der Waals surface area contributed by atoms with Gasteiger partial charge in [0.15, 0.2) is 0 Å². The lowest BCUT2D eigenvalue weighted by molar-refractivity contribution is -0.177. The number of imide groups is 1. The first kappa shape index (κ1) is 16.6. The zero-order valence-corrected chi connectivity index (χ0v) is 14.4. The van der Waals surface area contributed by atoms with Gasteiger partial charge in [0.2, 0.25) is 5.88 Å². The highest BCUT2D eigenvalue weighted by molar-refractivity contribution is 6.07. The monoisotopic (exact) mass is 378 g/mol. The molecule has 2 bridgehead atoms. The molecule has 2 amide bonds. The van der Waals surface area contributed by atoms with E-state index in [0.717, 1.165) is 0 Å². The number of pyridine rings is 1. The first-order valence-electron chi connectivity index (χ1n) is 8.75. The van der Waals surface area contributed by atoms with Gasteiger partial charge in [-0.25, -0.2) is 9.78 Å². The molecule has 1 aromatic carbocycles. The number of benzene rings is 1. The number of aromatic nitrogens is 1. The van der Waals surface area contributed by atoms with Gasteiger partial charge >= 0.3 is 5.97 Å². The minimum atomic E-state index is -0.901. The number of fused-ring (bicyclic) bond motifs is 5. The van der Waals surface area contributed by atoms with Crippen LogP contribution in [0.1, 0.15) is 10.4 Å². The molecule has 2 saturated heterocycles. The highest BCUT2D eigenvalue weighted by Gasteiger charge is 2.62. The van der Waals surface area contributed by atoms with Crippen molar-refractivity contribution in [1.82, 2.24) is 10.0 Å². The first-order valence-corrected chi connectivity index (χ1v) is 8.75. The topological polar surface area (TPSA) is 95.0 Å². The van der Waals surface area contributed by atoms with E-state index >= 15 is 0 Å². The number of hydrogen-bond donors (Lipinski definition) is 0. The Bertz CT molecular complexity index is 975. The van der Waals surface area contributed by atoms with E-state index in [1.54, 1.807) is 36.4 Å². The van der Waals surface area contributed by atoms with Gasteiger partial charge in [-0.3, -0.25) is 9.59 Å². The molecule has 0 spiro atoms. The largest absolute Gasteiger partial charge is 0.438 e. The summed E-state index contributed by atoms with van der Waals surface area (Å²) in [4.78, 5) is 47.1. The third-order valence-electron chi connectivity index (χ3n) is 4.99.